The monoisotopic (exact) mass is 517 g/mol. The van der Waals surface area contributed by atoms with Crippen LogP contribution in [-0.2, 0) is 0 Å². The normalized spacial score (nSPS) is 12.1. The van der Waals surface area contributed by atoms with Crippen molar-refractivity contribution in [3.05, 3.63) is 115 Å². The summed E-state index contributed by atoms with van der Waals surface area (Å²) in [6, 6.07) is 39.9. The van der Waals surface area contributed by atoms with Crippen molar-refractivity contribution in [1.82, 2.24) is 14.5 Å². The van der Waals surface area contributed by atoms with Crippen LogP contribution in [0.4, 0.5) is 0 Å². The quantitative estimate of drug-likeness (QED) is 0.229. The molecule has 0 saturated heterocycles. The molecule has 0 aliphatic carbocycles. The molecule has 9 aromatic rings. The van der Waals surface area contributed by atoms with Crippen LogP contribution in [0.3, 0.4) is 0 Å². The van der Waals surface area contributed by atoms with Crippen molar-refractivity contribution in [3.8, 4) is 17.2 Å². The Hall–Kier alpha value is -5.00. The average molecular weight is 518 g/mol. The van der Waals surface area contributed by atoms with Gasteiger partial charge in [0.1, 0.15) is 16.0 Å². The summed E-state index contributed by atoms with van der Waals surface area (Å²) >= 11 is 1.72. The number of aromatic nitrogens is 3. The fourth-order valence-corrected chi connectivity index (χ4v) is 7.08. The lowest BCUT2D eigenvalue weighted by Crippen LogP contribution is -2.02. The van der Waals surface area contributed by atoms with Gasteiger partial charge in [-0.2, -0.15) is 0 Å². The van der Waals surface area contributed by atoms with Crippen molar-refractivity contribution >= 4 is 75.4 Å². The highest BCUT2D eigenvalue weighted by Crippen LogP contribution is 2.42. The summed E-state index contributed by atoms with van der Waals surface area (Å²) in [6.07, 6.45) is 0. The lowest BCUT2D eigenvalue weighted by atomic mass is 10.1. The molecule has 0 saturated carbocycles. The number of rotatable bonds is 2. The Morgan fingerprint density at radius 1 is 0.538 bits per heavy atom. The van der Waals surface area contributed by atoms with Gasteiger partial charge in [0.05, 0.1) is 16.7 Å². The molecule has 39 heavy (non-hydrogen) atoms. The Labute approximate surface area is 226 Å². The van der Waals surface area contributed by atoms with Crippen molar-refractivity contribution in [2.45, 2.75) is 0 Å². The SMILES string of the molecule is c1ccc(-c2nc(-n3c4ccccc4c4c5c(ccc43)oc3ccccc35)nc3sc4ccccc4c23)cc1. The van der Waals surface area contributed by atoms with Gasteiger partial charge in [-0.3, -0.25) is 4.57 Å². The Balaban J connectivity index is 1.46. The molecule has 0 aliphatic rings. The van der Waals surface area contributed by atoms with E-state index in [2.05, 4.69) is 102 Å². The molecule has 4 nitrogen and oxygen atoms in total. The molecule has 4 heterocycles. The van der Waals surface area contributed by atoms with Crippen LogP contribution in [0, 0.1) is 0 Å². The molecule has 9 rings (SSSR count). The van der Waals surface area contributed by atoms with Crippen LogP contribution < -0.4 is 0 Å². The van der Waals surface area contributed by atoms with E-state index >= 15 is 0 Å². The summed E-state index contributed by atoms with van der Waals surface area (Å²) in [7, 11) is 0. The Morgan fingerprint density at radius 3 is 2.18 bits per heavy atom. The molecule has 0 amide bonds. The van der Waals surface area contributed by atoms with Gasteiger partial charge in [0.2, 0.25) is 5.95 Å². The van der Waals surface area contributed by atoms with Crippen LogP contribution in [0.5, 0.6) is 0 Å². The first kappa shape index (κ1) is 21.0. The second kappa shape index (κ2) is 7.76. The molecule has 0 atom stereocenters. The molecule has 0 fully saturated rings. The second-order valence-corrected chi connectivity index (χ2v) is 10.8. The highest BCUT2D eigenvalue weighted by molar-refractivity contribution is 7.25. The second-order valence-electron chi connectivity index (χ2n) is 9.80. The van der Waals surface area contributed by atoms with Gasteiger partial charge >= 0.3 is 0 Å². The van der Waals surface area contributed by atoms with Crippen molar-refractivity contribution < 1.29 is 4.42 Å². The number of benzene rings is 5. The number of furan rings is 1. The third-order valence-corrected chi connectivity index (χ3v) is 8.72. The molecule has 182 valence electrons. The van der Waals surface area contributed by atoms with E-state index in [1.165, 1.54) is 10.1 Å². The van der Waals surface area contributed by atoms with Crippen LogP contribution >= 0.6 is 11.3 Å². The Kier molecular flexibility index (Phi) is 4.18. The van der Waals surface area contributed by atoms with Gasteiger partial charge < -0.3 is 4.42 Å². The van der Waals surface area contributed by atoms with Crippen LogP contribution in [0.1, 0.15) is 0 Å². The van der Waals surface area contributed by atoms with E-state index in [0.717, 1.165) is 65.2 Å². The molecular formula is C34H19N3OS. The largest absolute Gasteiger partial charge is 0.456 e. The van der Waals surface area contributed by atoms with Crippen LogP contribution in [-0.4, -0.2) is 14.5 Å². The molecule has 5 heteroatoms. The lowest BCUT2D eigenvalue weighted by molar-refractivity contribution is 0.669. The lowest BCUT2D eigenvalue weighted by Gasteiger charge is -2.10. The third-order valence-electron chi connectivity index (χ3n) is 7.65. The number of thiophene rings is 1. The summed E-state index contributed by atoms with van der Waals surface area (Å²) in [6.45, 7) is 0. The standard InChI is InChI=1S/C34H19N3OS/c1-2-10-20(11-3-1)32-31-23-14-6-9-17-28(23)39-33(31)36-34(35-32)37-24-15-7-4-12-21(24)29-25(37)18-19-27-30(29)22-13-5-8-16-26(22)38-27/h1-19H. The molecule has 0 N–H and O–H groups in total. The Morgan fingerprint density at radius 2 is 1.28 bits per heavy atom. The maximum atomic E-state index is 6.25. The maximum Gasteiger partial charge on any atom is 0.236 e. The number of hydrogen-bond acceptors (Lipinski definition) is 4. The molecule has 0 bridgehead atoms. The van der Waals surface area contributed by atoms with Crippen LogP contribution in [0.15, 0.2) is 120 Å². The van der Waals surface area contributed by atoms with E-state index in [4.69, 9.17) is 14.4 Å². The number of para-hydroxylation sites is 2. The summed E-state index contributed by atoms with van der Waals surface area (Å²) in [5.74, 6) is 0.672. The summed E-state index contributed by atoms with van der Waals surface area (Å²) in [5.41, 5.74) is 5.95. The summed E-state index contributed by atoms with van der Waals surface area (Å²) in [4.78, 5) is 11.5. The van der Waals surface area contributed by atoms with Crippen molar-refractivity contribution in [2.24, 2.45) is 0 Å². The molecule has 0 spiro atoms. The number of fused-ring (bicyclic) bond motifs is 10. The zero-order valence-corrected chi connectivity index (χ0v) is 21.4. The minimum absolute atomic E-state index is 0.672. The summed E-state index contributed by atoms with van der Waals surface area (Å²) < 4.78 is 9.68. The fraction of sp³-hybridized carbons (Fsp3) is 0. The van der Waals surface area contributed by atoms with Gasteiger partial charge in [-0.1, -0.05) is 84.9 Å². The van der Waals surface area contributed by atoms with Crippen LogP contribution in [0.2, 0.25) is 0 Å². The maximum absolute atomic E-state index is 6.25. The van der Waals surface area contributed by atoms with E-state index in [9.17, 15) is 0 Å². The van der Waals surface area contributed by atoms with Crippen LogP contribution in [0.25, 0.3) is 81.3 Å². The zero-order chi connectivity index (χ0) is 25.5. The molecule has 0 unspecified atom stereocenters. The van der Waals surface area contributed by atoms with E-state index in [1.54, 1.807) is 11.3 Å². The van der Waals surface area contributed by atoms with E-state index in [0.29, 0.717) is 5.95 Å². The van der Waals surface area contributed by atoms with Gasteiger partial charge in [-0.25, -0.2) is 9.97 Å². The molecular weight excluding hydrogens is 498 g/mol. The first-order valence-electron chi connectivity index (χ1n) is 12.9. The number of nitrogens with zero attached hydrogens (tertiary/aromatic N) is 3. The van der Waals surface area contributed by atoms with E-state index in [1.807, 2.05) is 18.2 Å². The van der Waals surface area contributed by atoms with Crippen molar-refractivity contribution in [1.29, 1.82) is 0 Å². The first-order valence-corrected chi connectivity index (χ1v) is 13.8. The van der Waals surface area contributed by atoms with Gasteiger partial charge in [0, 0.05) is 42.6 Å². The molecule has 5 aromatic carbocycles. The average Bonchev–Trinajstić information content (AvgIpc) is 3.66. The minimum Gasteiger partial charge on any atom is -0.456 e. The van der Waals surface area contributed by atoms with Gasteiger partial charge in [-0.15, -0.1) is 11.3 Å². The van der Waals surface area contributed by atoms with Crippen molar-refractivity contribution in [2.75, 3.05) is 0 Å². The molecule has 4 aromatic heterocycles. The first-order chi connectivity index (χ1) is 19.3. The molecule has 0 radical (unpaired) electrons. The van der Waals surface area contributed by atoms with E-state index < -0.39 is 0 Å². The highest BCUT2D eigenvalue weighted by Gasteiger charge is 2.22. The topological polar surface area (TPSA) is 43.9 Å². The van der Waals surface area contributed by atoms with Crippen molar-refractivity contribution in [3.63, 3.8) is 0 Å². The van der Waals surface area contributed by atoms with Gasteiger partial charge in [0.25, 0.3) is 0 Å². The highest BCUT2D eigenvalue weighted by atomic mass is 32.1. The summed E-state index contributed by atoms with van der Waals surface area (Å²) in [5, 5.41) is 6.86. The molecule has 0 aliphatic heterocycles. The van der Waals surface area contributed by atoms with E-state index in [-0.39, 0.29) is 0 Å². The number of hydrogen-bond donors (Lipinski definition) is 0. The van der Waals surface area contributed by atoms with Gasteiger partial charge in [0.15, 0.2) is 0 Å². The smallest absolute Gasteiger partial charge is 0.236 e. The Bertz CT molecular complexity index is 2400. The van der Waals surface area contributed by atoms with Gasteiger partial charge in [-0.05, 0) is 30.3 Å². The minimum atomic E-state index is 0.672. The predicted molar refractivity (Wildman–Crippen MR) is 162 cm³/mol. The zero-order valence-electron chi connectivity index (χ0n) is 20.6. The predicted octanol–water partition coefficient (Wildman–Crippen LogP) is 9.51. The fourth-order valence-electron chi connectivity index (χ4n) is 6.01. The third kappa shape index (κ3) is 2.88.